The lowest BCUT2D eigenvalue weighted by Gasteiger charge is -2.07. The van der Waals surface area contributed by atoms with E-state index in [-0.39, 0.29) is 0 Å². The highest BCUT2D eigenvalue weighted by Crippen LogP contribution is 2.34. The van der Waals surface area contributed by atoms with Gasteiger partial charge in [-0.25, -0.2) is 0 Å². The van der Waals surface area contributed by atoms with Crippen LogP contribution in [0.3, 0.4) is 0 Å². The fourth-order valence-corrected chi connectivity index (χ4v) is 6.13. The van der Waals surface area contributed by atoms with E-state index in [0.717, 1.165) is 16.7 Å². The first-order chi connectivity index (χ1) is 20.3. The SMILES string of the molecule is CCCCCCCCCCCCc1ccc(C#Cc2ccc3cc4c(ccc5c6ccoc6ccc45)cc3c2)cc1. The van der Waals surface area contributed by atoms with Crippen molar-refractivity contribution in [2.75, 3.05) is 0 Å². The van der Waals surface area contributed by atoms with E-state index in [0.29, 0.717) is 0 Å². The van der Waals surface area contributed by atoms with Gasteiger partial charge < -0.3 is 4.42 Å². The van der Waals surface area contributed by atoms with E-state index in [9.17, 15) is 0 Å². The van der Waals surface area contributed by atoms with Crippen molar-refractivity contribution in [2.45, 2.75) is 77.6 Å². The molecule has 0 saturated heterocycles. The highest BCUT2D eigenvalue weighted by molar-refractivity contribution is 6.18. The first kappa shape index (κ1) is 27.2. The van der Waals surface area contributed by atoms with Gasteiger partial charge in [0.25, 0.3) is 0 Å². The molecule has 0 aliphatic heterocycles. The molecule has 6 aromatic rings. The van der Waals surface area contributed by atoms with Crippen LogP contribution in [0.1, 0.15) is 87.8 Å². The molecule has 0 fully saturated rings. The van der Waals surface area contributed by atoms with Gasteiger partial charge in [0, 0.05) is 16.5 Å². The zero-order valence-electron chi connectivity index (χ0n) is 24.3. The van der Waals surface area contributed by atoms with Crippen molar-refractivity contribution >= 4 is 43.3 Å². The van der Waals surface area contributed by atoms with Crippen molar-refractivity contribution in [2.24, 2.45) is 0 Å². The Balaban J connectivity index is 1.07. The minimum Gasteiger partial charge on any atom is -0.464 e. The van der Waals surface area contributed by atoms with Gasteiger partial charge in [0.1, 0.15) is 5.58 Å². The lowest BCUT2D eigenvalue weighted by molar-refractivity contribution is 0.556. The van der Waals surface area contributed by atoms with Gasteiger partial charge in [0.2, 0.25) is 0 Å². The molecule has 0 unspecified atom stereocenters. The predicted octanol–water partition coefficient (Wildman–Crippen LogP) is 11.8. The van der Waals surface area contributed by atoms with Gasteiger partial charge >= 0.3 is 0 Å². The van der Waals surface area contributed by atoms with Crippen LogP contribution in [0.5, 0.6) is 0 Å². The number of furan rings is 1. The Labute approximate surface area is 244 Å². The fourth-order valence-electron chi connectivity index (χ4n) is 6.13. The van der Waals surface area contributed by atoms with Crippen LogP contribution in [0.25, 0.3) is 43.3 Å². The Morgan fingerprint density at radius 3 is 1.95 bits per heavy atom. The third kappa shape index (κ3) is 6.49. The largest absolute Gasteiger partial charge is 0.464 e. The number of benzene rings is 5. The summed E-state index contributed by atoms with van der Waals surface area (Å²) < 4.78 is 5.61. The van der Waals surface area contributed by atoms with Crippen molar-refractivity contribution in [1.82, 2.24) is 0 Å². The monoisotopic (exact) mass is 536 g/mol. The first-order valence-electron chi connectivity index (χ1n) is 15.7. The maximum Gasteiger partial charge on any atom is 0.134 e. The van der Waals surface area contributed by atoms with Crippen molar-refractivity contribution in [3.63, 3.8) is 0 Å². The molecule has 1 nitrogen and oxygen atoms in total. The molecular formula is C40H40O. The summed E-state index contributed by atoms with van der Waals surface area (Å²) in [5.74, 6) is 6.77. The van der Waals surface area contributed by atoms with Crippen molar-refractivity contribution in [3.8, 4) is 11.8 Å². The van der Waals surface area contributed by atoms with Gasteiger partial charge in [0.05, 0.1) is 6.26 Å². The lowest BCUT2D eigenvalue weighted by Crippen LogP contribution is -1.87. The highest BCUT2D eigenvalue weighted by atomic mass is 16.3. The van der Waals surface area contributed by atoms with Crippen molar-refractivity contribution < 1.29 is 4.42 Å². The second kappa shape index (κ2) is 13.1. The van der Waals surface area contributed by atoms with E-state index < -0.39 is 0 Å². The zero-order valence-corrected chi connectivity index (χ0v) is 24.3. The molecule has 5 aromatic carbocycles. The van der Waals surface area contributed by atoms with Crippen LogP contribution in [-0.4, -0.2) is 0 Å². The molecule has 1 heterocycles. The number of aryl methyl sites for hydroxylation is 1. The average Bonchev–Trinajstić information content (AvgIpc) is 3.50. The summed E-state index contributed by atoms with van der Waals surface area (Å²) in [5.41, 5.74) is 4.48. The Kier molecular flexibility index (Phi) is 8.68. The standard InChI is InChI=1S/C40H40O/c1-2-3-4-5-6-7-8-9-10-11-12-30-13-15-31(16-14-30)17-18-32-19-20-33-29-39-34(28-35(33)27-32)21-22-36-37(39)23-24-40-38(36)25-26-41-40/h13-16,19-29H,2-12H2,1H3. The molecule has 0 spiro atoms. The molecule has 0 aliphatic rings. The van der Waals surface area contributed by atoms with Crippen molar-refractivity contribution in [3.05, 3.63) is 108 Å². The first-order valence-corrected chi connectivity index (χ1v) is 15.7. The maximum absolute atomic E-state index is 5.61. The molecule has 0 N–H and O–H groups in total. The van der Waals surface area contributed by atoms with Crippen LogP contribution >= 0.6 is 0 Å². The average molecular weight is 537 g/mol. The minimum absolute atomic E-state index is 0.935. The summed E-state index contributed by atoms with van der Waals surface area (Å²) in [7, 11) is 0. The fraction of sp³-hybridized carbons (Fsp3) is 0.300. The van der Waals surface area contributed by atoms with Crippen LogP contribution in [0.15, 0.2) is 95.6 Å². The Morgan fingerprint density at radius 1 is 0.488 bits per heavy atom. The highest BCUT2D eigenvalue weighted by Gasteiger charge is 2.08. The summed E-state index contributed by atoms with van der Waals surface area (Å²) in [6.07, 6.45) is 16.8. The van der Waals surface area contributed by atoms with Gasteiger partial charge in [0.15, 0.2) is 0 Å². The van der Waals surface area contributed by atoms with E-state index in [4.69, 9.17) is 4.42 Å². The number of hydrogen-bond acceptors (Lipinski definition) is 1. The summed E-state index contributed by atoms with van der Waals surface area (Å²) in [6, 6.07) is 30.8. The van der Waals surface area contributed by atoms with Gasteiger partial charge in [-0.1, -0.05) is 113 Å². The number of fused-ring (bicyclic) bond motifs is 6. The molecule has 6 rings (SSSR count). The molecule has 0 bridgehead atoms. The topological polar surface area (TPSA) is 13.1 Å². The van der Waals surface area contributed by atoms with Crippen LogP contribution in [0.4, 0.5) is 0 Å². The molecule has 0 saturated carbocycles. The molecule has 41 heavy (non-hydrogen) atoms. The maximum atomic E-state index is 5.61. The summed E-state index contributed by atoms with van der Waals surface area (Å²) in [4.78, 5) is 0. The van der Waals surface area contributed by atoms with Gasteiger partial charge in [-0.15, -0.1) is 0 Å². The molecule has 0 amide bonds. The van der Waals surface area contributed by atoms with E-state index in [1.807, 2.05) is 0 Å². The molecule has 0 radical (unpaired) electrons. The van der Waals surface area contributed by atoms with E-state index in [2.05, 4.69) is 104 Å². The quantitative estimate of drug-likeness (QED) is 0.0694. The van der Waals surface area contributed by atoms with Gasteiger partial charge in [-0.2, -0.15) is 0 Å². The second-order valence-electron chi connectivity index (χ2n) is 11.6. The Morgan fingerprint density at radius 2 is 1.15 bits per heavy atom. The molecule has 206 valence electrons. The lowest BCUT2D eigenvalue weighted by atomic mass is 9.96. The molecule has 0 atom stereocenters. The van der Waals surface area contributed by atoms with E-state index in [1.165, 1.54) is 114 Å². The minimum atomic E-state index is 0.935. The summed E-state index contributed by atoms with van der Waals surface area (Å²) in [5, 5.41) is 8.64. The van der Waals surface area contributed by atoms with Crippen LogP contribution in [-0.2, 0) is 6.42 Å². The number of rotatable bonds is 11. The van der Waals surface area contributed by atoms with Crippen LogP contribution < -0.4 is 0 Å². The normalized spacial score (nSPS) is 11.4. The molecular weight excluding hydrogens is 496 g/mol. The molecule has 0 aliphatic carbocycles. The molecule has 1 aromatic heterocycles. The zero-order chi connectivity index (χ0) is 27.9. The van der Waals surface area contributed by atoms with E-state index in [1.54, 1.807) is 6.26 Å². The molecule has 1 heteroatoms. The number of unbranched alkanes of at least 4 members (excludes halogenated alkanes) is 9. The van der Waals surface area contributed by atoms with Crippen LogP contribution in [0.2, 0.25) is 0 Å². The van der Waals surface area contributed by atoms with Gasteiger partial charge in [-0.3, -0.25) is 0 Å². The van der Waals surface area contributed by atoms with E-state index >= 15 is 0 Å². The predicted molar refractivity (Wildman–Crippen MR) is 177 cm³/mol. The summed E-state index contributed by atoms with van der Waals surface area (Å²) >= 11 is 0. The Bertz CT molecular complexity index is 1820. The van der Waals surface area contributed by atoms with Crippen LogP contribution in [0, 0.1) is 11.8 Å². The second-order valence-corrected chi connectivity index (χ2v) is 11.6. The summed E-state index contributed by atoms with van der Waals surface area (Å²) in [6.45, 7) is 2.29. The van der Waals surface area contributed by atoms with Gasteiger partial charge in [-0.05, 0) is 99.3 Å². The third-order valence-corrected chi connectivity index (χ3v) is 8.53. The smallest absolute Gasteiger partial charge is 0.134 e. The Hall–Kier alpha value is -4.02. The number of hydrogen-bond donors (Lipinski definition) is 0. The van der Waals surface area contributed by atoms with Crippen molar-refractivity contribution in [1.29, 1.82) is 0 Å². The third-order valence-electron chi connectivity index (χ3n) is 8.53.